The summed E-state index contributed by atoms with van der Waals surface area (Å²) in [4.78, 5) is 1.29. The zero-order valence-electron chi connectivity index (χ0n) is 11.9. The molecule has 1 aromatic carbocycles. The molecule has 1 N–H and O–H groups in total. The van der Waals surface area contributed by atoms with Gasteiger partial charge in [0.2, 0.25) is 0 Å². The lowest BCUT2D eigenvalue weighted by Crippen LogP contribution is -2.24. The molecule has 0 radical (unpaired) electrons. The van der Waals surface area contributed by atoms with Gasteiger partial charge in [-0.1, -0.05) is 24.6 Å². The standard InChI is InChI=1S/C16H20BrNOS/c1-3-9-18-15(16-14(17)8-10-19-16)11-20-13-6-4-12(2)5-7-13/h4-8,10,15,18H,3,9,11H2,1-2H3. The highest BCUT2D eigenvalue weighted by Crippen LogP contribution is 2.30. The van der Waals surface area contributed by atoms with E-state index in [1.807, 2.05) is 17.8 Å². The van der Waals surface area contributed by atoms with E-state index in [0.29, 0.717) is 0 Å². The Labute approximate surface area is 133 Å². The minimum absolute atomic E-state index is 0.227. The van der Waals surface area contributed by atoms with Crippen molar-refractivity contribution in [1.29, 1.82) is 0 Å². The van der Waals surface area contributed by atoms with Gasteiger partial charge in [0.1, 0.15) is 5.76 Å². The largest absolute Gasteiger partial charge is 0.466 e. The fourth-order valence-electron chi connectivity index (χ4n) is 1.91. The maximum absolute atomic E-state index is 5.61. The molecule has 0 spiro atoms. The molecule has 0 saturated heterocycles. The molecule has 4 heteroatoms. The molecule has 20 heavy (non-hydrogen) atoms. The van der Waals surface area contributed by atoms with E-state index in [2.05, 4.69) is 59.4 Å². The summed E-state index contributed by atoms with van der Waals surface area (Å²) in [6, 6.07) is 10.8. The summed E-state index contributed by atoms with van der Waals surface area (Å²) in [7, 11) is 0. The van der Waals surface area contributed by atoms with Gasteiger partial charge in [0.05, 0.1) is 16.8 Å². The van der Waals surface area contributed by atoms with E-state index < -0.39 is 0 Å². The zero-order chi connectivity index (χ0) is 14.4. The van der Waals surface area contributed by atoms with E-state index in [0.717, 1.165) is 29.0 Å². The van der Waals surface area contributed by atoms with Gasteiger partial charge in [0.25, 0.3) is 0 Å². The van der Waals surface area contributed by atoms with Crippen molar-refractivity contribution in [2.24, 2.45) is 0 Å². The first-order valence-corrected chi connectivity index (χ1v) is 8.64. The molecule has 2 aromatic rings. The normalized spacial score (nSPS) is 12.6. The molecule has 1 atom stereocenters. The van der Waals surface area contributed by atoms with Crippen LogP contribution in [-0.2, 0) is 0 Å². The molecule has 0 amide bonds. The van der Waals surface area contributed by atoms with Gasteiger partial charge in [0.15, 0.2) is 0 Å². The number of aryl methyl sites for hydroxylation is 1. The summed E-state index contributed by atoms with van der Waals surface area (Å²) in [6.07, 6.45) is 2.85. The predicted octanol–water partition coefficient (Wildman–Crippen LogP) is 5.18. The summed E-state index contributed by atoms with van der Waals surface area (Å²) in [6.45, 7) is 5.28. The monoisotopic (exact) mass is 353 g/mol. The first-order valence-electron chi connectivity index (χ1n) is 6.86. The fraction of sp³-hybridized carbons (Fsp3) is 0.375. The molecule has 2 rings (SSSR count). The number of nitrogens with one attached hydrogen (secondary N) is 1. The SMILES string of the molecule is CCCNC(CSc1ccc(C)cc1)c1occc1Br. The summed E-state index contributed by atoms with van der Waals surface area (Å²) < 4.78 is 6.65. The molecule has 1 aromatic heterocycles. The molecular weight excluding hydrogens is 334 g/mol. The van der Waals surface area contributed by atoms with E-state index in [-0.39, 0.29) is 6.04 Å². The van der Waals surface area contributed by atoms with Gasteiger partial charge in [-0.25, -0.2) is 0 Å². The minimum atomic E-state index is 0.227. The Balaban J connectivity index is 2.01. The van der Waals surface area contributed by atoms with Crippen LogP contribution >= 0.6 is 27.7 Å². The molecule has 1 heterocycles. The molecule has 0 saturated carbocycles. The highest BCUT2D eigenvalue weighted by molar-refractivity contribution is 9.10. The average Bonchev–Trinajstić information content (AvgIpc) is 2.87. The van der Waals surface area contributed by atoms with Crippen molar-refractivity contribution < 1.29 is 4.42 Å². The van der Waals surface area contributed by atoms with Crippen LogP contribution in [-0.4, -0.2) is 12.3 Å². The second-order valence-corrected chi connectivity index (χ2v) is 6.71. The lowest BCUT2D eigenvalue weighted by atomic mass is 10.2. The van der Waals surface area contributed by atoms with Crippen LogP contribution in [0.5, 0.6) is 0 Å². The number of halogens is 1. The lowest BCUT2D eigenvalue weighted by Gasteiger charge is -2.16. The molecule has 0 aliphatic heterocycles. The molecule has 0 aliphatic rings. The number of hydrogen-bond acceptors (Lipinski definition) is 3. The van der Waals surface area contributed by atoms with Crippen LogP contribution < -0.4 is 5.32 Å². The Morgan fingerprint density at radius 2 is 2.00 bits per heavy atom. The Morgan fingerprint density at radius 1 is 1.25 bits per heavy atom. The maximum atomic E-state index is 5.61. The molecule has 108 valence electrons. The second-order valence-electron chi connectivity index (χ2n) is 4.76. The number of hydrogen-bond donors (Lipinski definition) is 1. The van der Waals surface area contributed by atoms with E-state index in [9.17, 15) is 0 Å². The van der Waals surface area contributed by atoms with Crippen LogP contribution in [0.2, 0.25) is 0 Å². The lowest BCUT2D eigenvalue weighted by molar-refractivity contribution is 0.433. The third-order valence-corrected chi connectivity index (χ3v) is 4.80. The smallest absolute Gasteiger partial charge is 0.135 e. The Hall–Kier alpha value is -0.710. The second kappa shape index (κ2) is 7.91. The summed E-state index contributed by atoms with van der Waals surface area (Å²) in [5.74, 6) is 1.94. The van der Waals surface area contributed by atoms with E-state index >= 15 is 0 Å². The van der Waals surface area contributed by atoms with Gasteiger partial charge in [0, 0.05) is 10.6 Å². The van der Waals surface area contributed by atoms with Crippen molar-refractivity contribution in [1.82, 2.24) is 5.32 Å². The number of furan rings is 1. The van der Waals surface area contributed by atoms with Gasteiger partial charge < -0.3 is 9.73 Å². The van der Waals surface area contributed by atoms with Crippen LogP contribution in [0.4, 0.5) is 0 Å². The number of benzene rings is 1. The van der Waals surface area contributed by atoms with Crippen molar-refractivity contribution >= 4 is 27.7 Å². The van der Waals surface area contributed by atoms with E-state index in [1.165, 1.54) is 10.5 Å². The van der Waals surface area contributed by atoms with Gasteiger partial charge >= 0.3 is 0 Å². The Bertz CT molecular complexity index is 524. The molecular formula is C16H20BrNOS. The minimum Gasteiger partial charge on any atom is -0.466 e. The van der Waals surface area contributed by atoms with Crippen molar-refractivity contribution in [3.63, 3.8) is 0 Å². The Morgan fingerprint density at radius 3 is 2.60 bits per heavy atom. The summed E-state index contributed by atoms with van der Waals surface area (Å²) in [5.41, 5.74) is 1.30. The molecule has 1 unspecified atom stereocenters. The quantitative estimate of drug-likeness (QED) is 0.694. The predicted molar refractivity (Wildman–Crippen MR) is 89.3 cm³/mol. The van der Waals surface area contributed by atoms with Crippen LogP contribution in [0.1, 0.15) is 30.7 Å². The summed E-state index contributed by atoms with van der Waals surface area (Å²) >= 11 is 5.40. The van der Waals surface area contributed by atoms with Crippen molar-refractivity contribution in [2.75, 3.05) is 12.3 Å². The third-order valence-electron chi connectivity index (χ3n) is 3.04. The fourth-order valence-corrected chi connectivity index (χ4v) is 3.35. The van der Waals surface area contributed by atoms with Gasteiger partial charge in [-0.2, -0.15) is 0 Å². The summed E-state index contributed by atoms with van der Waals surface area (Å²) in [5, 5.41) is 3.55. The van der Waals surface area contributed by atoms with Gasteiger partial charge in [-0.3, -0.25) is 0 Å². The van der Waals surface area contributed by atoms with Crippen LogP contribution in [0.15, 0.2) is 50.4 Å². The number of thioether (sulfide) groups is 1. The van der Waals surface area contributed by atoms with Crippen molar-refractivity contribution in [3.8, 4) is 0 Å². The molecule has 0 bridgehead atoms. The average molecular weight is 354 g/mol. The highest BCUT2D eigenvalue weighted by atomic mass is 79.9. The Kier molecular flexibility index (Phi) is 6.20. The number of rotatable bonds is 7. The topological polar surface area (TPSA) is 25.2 Å². The van der Waals surface area contributed by atoms with E-state index in [4.69, 9.17) is 4.42 Å². The first-order chi connectivity index (χ1) is 9.70. The van der Waals surface area contributed by atoms with E-state index in [1.54, 1.807) is 6.26 Å². The third kappa shape index (κ3) is 4.40. The van der Waals surface area contributed by atoms with Crippen molar-refractivity contribution in [3.05, 3.63) is 52.4 Å². The van der Waals surface area contributed by atoms with Crippen LogP contribution in [0.3, 0.4) is 0 Å². The first kappa shape index (κ1) is 15.7. The van der Waals surface area contributed by atoms with Crippen molar-refractivity contribution in [2.45, 2.75) is 31.2 Å². The zero-order valence-corrected chi connectivity index (χ0v) is 14.3. The molecule has 2 nitrogen and oxygen atoms in total. The maximum Gasteiger partial charge on any atom is 0.135 e. The molecule has 0 fully saturated rings. The van der Waals surface area contributed by atoms with Crippen LogP contribution in [0, 0.1) is 6.92 Å². The van der Waals surface area contributed by atoms with Gasteiger partial charge in [-0.15, -0.1) is 11.8 Å². The van der Waals surface area contributed by atoms with Gasteiger partial charge in [-0.05, 0) is 54.0 Å². The molecule has 0 aliphatic carbocycles. The van der Waals surface area contributed by atoms with Crippen LogP contribution in [0.25, 0.3) is 0 Å². The highest BCUT2D eigenvalue weighted by Gasteiger charge is 2.17.